The number of hydrogen-bond acceptors (Lipinski definition) is 2. The van der Waals surface area contributed by atoms with Gasteiger partial charge in [-0.3, -0.25) is 4.68 Å². The Balaban J connectivity index is 2.23. The van der Waals surface area contributed by atoms with E-state index < -0.39 is 23.4 Å². The molecule has 20 heavy (non-hydrogen) atoms. The van der Waals surface area contributed by atoms with Crippen LogP contribution in [-0.4, -0.2) is 20.9 Å². The van der Waals surface area contributed by atoms with E-state index in [9.17, 15) is 18.0 Å². The minimum atomic E-state index is -4.69. The minimum absolute atomic E-state index is 0.205. The van der Waals surface area contributed by atoms with Crippen molar-refractivity contribution in [2.24, 2.45) is 5.92 Å². The summed E-state index contributed by atoms with van der Waals surface area (Å²) in [6, 6.07) is 0. The van der Waals surface area contributed by atoms with Crippen molar-refractivity contribution in [1.29, 1.82) is 0 Å². The molecular weight excluding hydrogens is 273 g/mol. The summed E-state index contributed by atoms with van der Waals surface area (Å²) in [7, 11) is 0. The van der Waals surface area contributed by atoms with Crippen LogP contribution in [0.25, 0.3) is 0 Å². The van der Waals surface area contributed by atoms with Gasteiger partial charge in [-0.2, -0.15) is 18.3 Å². The molecule has 2 rings (SSSR count). The van der Waals surface area contributed by atoms with Gasteiger partial charge in [0.2, 0.25) is 0 Å². The van der Waals surface area contributed by atoms with Crippen LogP contribution < -0.4 is 0 Å². The van der Waals surface area contributed by atoms with Gasteiger partial charge < -0.3 is 5.11 Å². The molecule has 4 nitrogen and oxygen atoms in total. The highest BCUT2D eigenvalue weighted by Crippen LogP contribution is 2.33. The normalized spacial score (nSPS) is 17.9. The molecule has 1 aliphatic rings. The Kier molecular flexibility index (Phi) is 4.35. The number of hydrogen-bond donors (Lipinski definition) is 1. The first-order valence-corrected chi connectivity index (χ1v) is 6.76. The molecule has 0 spiro atoms. The molecule has 0 atom stereocenters. The van der Waals surface area contributed by atoms with E-state index in [0.29, 0.717) is 6.20 Å². The molecular formula is C13H17F3N2O2. The molecule has 1 aliphatic carbocycles. The maximum absolute atomic E-state index is 12.7. The van der Waals surface area contributed by atoms with Crippen LogP contribution in [0, 0.1) is 5.92 Å². The standard InChI is InChI=1S/C13H17F3N2O2/c14-13(15,16)10-7-17-18(11(10)12(19)20)8-9-5-3-1-2-4-6-9/h7,9H,1-6,8H2,(H,19,20). The topological polar surface area (TPSA) is 55.1 Å². The zero-order valence-electron chi connectivity index (χ0n) is 11.0. The summed E-state index contributed by atoms with van der Waals surface area (Å²) < 4.78 is 39.2. The third kappa shape index (κ3) is 3.32. The van der Waals surface area contributed by atoms with E-state index in [-0.39, 0.29) is 12.5 Å². The van der Waals surface area contributed by atoms with E-state index in [1.807, 2.05) is 0 Å². The van der Waals surface area contributed by atoms with Gasteiger partial charge in [-0.25, -0.2) is 4.79 Å². The number of carboxylic acid groups (broad SMARTS) is 1. The van der Waals surface area contributed by atoms with Gasteiger partial charge in [0, 0.05) is 6.54 Å². The van der Waals surface area contributed by atoms with Crippen LogP contribution in [0.5, 0.6) is 0 Å². The molecule has 7 heteroatoms. The number of carboxylic acids is 1. The van der Waals surface area contributed by atoms with E-state index in [2.05, 4.69) is 5.10 Å². The van der Waals surface area contributed by atoms with Gasteiger partial charge in [-0.1, -0.05) is 25.7 Å². The quantitative estimate of drug-likeness (QED) is 0.866. The molecule has 1 heterocycles. The van der Waals surface area contributed by atoms with Gasteiger partial charge in [0.25, 0.3) is 0 Å². The highest BCUT2D eigenvalue weighted by Gasteiger charge is 2.38. The molecule has 1 saturated carbocycles. The first-order valence-electron chi connectivity index (χ1n) is 6.76. The van der Waals surface area contributed by atoms with E-state index in [0.717, 1.165) is 43.2 Å². The van der Waals surface area contributed by atoms with Crippen molar-refractivity contribution in [1.82, 2.24) is 9.78 Å². The summed E-state index contributed by atoms with van der Waals surface area (Å²) in [5, 5.41) is 12.7. The lowest BCUT2D eigenvalue weighted by molar-refractivity contribution is -0.138. The lowest BCUT2D eigenvalue weighted by atomic mass is 10.0. The van der Waals surface area contributed by atoms with Crippen molar-refractivity contribution in [3.63, 3.8) is 0 Å². The van der Waals surface area contributed by atoms with Gasteiger partial charge in [0.05, 0.1) is 6.20 Å². The number of nitrogens with zero attached hydrogens (tertiary/aromatic N) is 2. The van der Waals surface area contributed by atoms with Gasteiger partial charge in [0.1, 0.15) is 5.56 Å². The first-order chi connectivity index (χ1) is 9.39. The van der Waals surface area contributed by atoms with Gasteiger partial charge >= 0.3 is 12.1 Å². The van der Waals surface area contributed by atoms with Crippen LogP contribution in [-0.2, 0) is 12.7 Å². The molecule has 1 aromatic rings. The zero-order valence-corrected chi connectivity index (χ0v) is 11.0. The summed E-state index contributed by atoms with van der Waals surface area (Å²) in [6.45, 7) is 0.248. The van der Waals surface area contributed by atoms with Crippen molar-refractivity contribution in [3.8, 4) is 0 Å². The average Bonchev–Trinajstić information content (AvgIpc) is 2.60. The molecule has 0 amide bonds. The third-order valence-corrected chi connectivity index (χ3v) is 3.75. The monoisotopic (exact) mass is 290 g/mol. The van der Waals surface area contributed by atoms with Gasteiger partial charge in [0.15, 0.2) is 5.69 Å². The fraction of sp³-hybridized carbons (Fsp3) is 0.692. The molecule has 0 saturated heterocycles. The number of carbonyl (C=O) groups is 1. The second kappa shape index (κ2) is 5.85. The van der Waals surface area contributed by atoms with Gasteiger partial charge in [-0.05, 0) is 18.8 Å². The van der Waals surface area contributed by atoms with E-state index in [4.69, 9.17) is 5.11 Å². The Morgan fingerprint density at radius 1 is 1.30 bits per heavy atom. The van der Waals surface area contributed by atoms with Crippen LogP contribution in [0.3, 0.4) is 0 Å². The fourth-order valence-corrected chi connectivity index (χ4v) is 2.75. The summed E-state index contributed by atoms with van der Waals surface area (Å²) in [5.74, 6) is -1.37. The van der Waals surface area contributed by atoms with Crippen LogP contribution in [0.4, 0.5) is 13.2 Å². The Morgan fingerprint density at radius 3 is 2.40 bits per heavy atom. The van der Waals surface area contributed by atoms with Crippen LogP contribution in [0.15, 0.2) is 6.20 Å². The molecule has 0 aromatic carbocycles. The molecule has 0 radical (unpaired) electrons. The van der Waals surface area contributed by atoms with Crippen molar-refractivity contribution in [2.45, 2.75) is 51.2 Å². The largest absolute Gasteiger partial charge is 0.477 e. The summed E-state index contributed by atoms with van der Waals surface area (Å²) >= 11 is 0. The highest BCUT2D eigenvalue weighted by molar-refractivity contribution is 5.87. The van der Waals surface area contributed by atoms with Crippen molar-refractivity contribution in [2.75, 3.05) is 0 Å². The minimum Gasteiger partial charge on any atom is -0.477 e. The molecule has 0 unspecified atom stereocenters. The molecule has 112 valence electrons. The number of aromatic nitrogens is 2. The average molecular weight is 290 g/mol. The number of rotatable bonds is 3. The highest BCUT2D eigenvalue weighted by atomic mass is 19.4. The predicted octanol–water partition coefficient (Wildman–Crippen LogP) is 3.57. The van der Waals surface area contributed by atoms with Crippen molar-refractivity contribution < 1.29 is 23.1 Å². The Morgan fingerprint density at radius 2 is 1.90 bits per heavy atom. The van der Waals surface area contributed by atoms with Crippen molar-refractivity contribution >= 4 is 5.97 Å². The third-order valence-electron chi connectivity index (χ3n) is 3.75. The number of alkyl halides is 3. The maximum atomic E-state index is 12.7. The Labute approximate surface area is 114 Å². The second-order valence-electron chi connectivity index (χ2n) is 5.25. The summed E-state index contributed by atoms with van der Waals surface area (Å²) in [4.78, 5) is 11.1. The lowest BCUT2D eigenvalue weighted by Crippen LogP contribution is -2.19. The SMILES string of the molecule is O=C(O)c1c(C(F)(F)F)cnn1CC1CCCCCC1. The van der Waals surface area contributed by atoms with E-state index in [1.54, 1.807) is 0 Å². The Hall–Kier alpha value is -1.53. The second-order valence-corrected chi connectivity index (χ2v) is 5.25. The fourth-order valence-electron chi connectivity index (χ4n) is 2.75. The molecule has 1 aromatic heterocycles. The molecule has 0 aliphatic heterocycles. The van der Waals surface area contributed by atoms with E-state index in [1.165, 1.54) is 0 Å². The summed E-state index contributed by atoms with van der Waals surface area (Å²) in [5.41, 5.74) is -1.92. The van der Waals surface area contributed by atoms with E-state index >= 15 is 0 Å². The van der Waals surface area contributed by atoms with Crippen LogP contribution >= 0.6 is 0 Å². The number of halogens is 3. The summed E-state index contributed by atoms with van der Waals surface area (Å²) in [6.07, 6.45) is 2.11. The maximum Gasteiger partial charge on any atom is 0.420 e. The van der Waals surface area contributed by atoms with Crippen LogP contribution in [0.2, 0.25) is 0 Å². The van der Waals surface area contributed by atoms with Crippen LogP contribution in [0.1, 0.15) is 54.6 Å². The lowest BCUT2D eigenvalue weighted by Gasteiger charge is -2.15. The Bertz CT molecular complexity index is 474. The van der Waals surface area contributed by atoms with Crippen molar-refractivity contribution in [3.05, 3.63) is 17.5 Å². The number of aromatic carboxylic acids is 1. The molecule has 1 fully saturated rings. The smallest absolute Gasteiger partial charge is 0.420 e. The molecule has 0 bridgehead atoms. The first kappa shape index (κ1) is 14.9. The zero-order chi connectivity index (χ0) is 14.8. The van der Waals surface area contributed by atoms with Gasteiger partial charge in [-0.15, -0.1) is 0 Å². The predicted molar refractivity (Wildman–Crippen MR) is 65.4 cm³/mol. The molecule has 1 N–H and O–H groups in total.